The number of carbonyl (C=O) groups is 1. The lowest BCUT2D eigenvalue weighted by atomic mass is 10.0. The summed E-state index contributed by atoms with van der Waals surface area (Å²) in [6.45, 7) is 4.87. The molecule has 2 N–H and O–H groups in total. The summed E-state index contributed by atoms with van der Waals surface area (Å²) in [5, 5.41) is 16.3. The molecule has 10 nitrogen and oxygen atoms in total. The van der Waals surface area contributed by atoms with Crippen molar-refractivity contribution in [2.75, 3.05) is 20.3 Å². The zero-order valence-corrected chi connectivity index (χ0v) is 19.9. The number of aliphatic hydroxyl groups excluding tert-OH is 1. The van der Waals surface area contributed by atoms with E-state index in [-0.39, 0.29) is 13.2 Å². The van der Waals surface area contributed by atoms with Crippen LogP contribution in [0.1, 0.15) is 26.3 Å². The minimum Gasteiger partial charge on any atom is -0.497 e. The van der Waals surface area contributed by atoms with Crippen molar-refractivity contribution in [1.82, 2.24) is 5.32 Å². The van der Waals surface area contributed by atoms with Crippen LogP contribution in [0.15, 0.2) is 59.7 Å². The summed E-state index contributed by atoms with van der Waals surface area (Å²) in [5.74, 6) is 1.20. The molecule has 34 heavy (non-hydrogen) atoms. The van der Waals surface area contributed by atoms with E-state index >= 15 is 0 Å². The van der Waals surface area contributed by atoms with Crippen LogP contribution >= 0.6 is 0 Å². The van der Waals surface area contributed by atoms with Gasteiger partial charge in [0.1, 0.15) is 23.7 Å². The topological polar surface area (TPSA) is 135 Å². The fourth-order valence-electron chi connectivity index (χ4n) is 3.07. The van der Waals surface area contributed by atoms with Gasteiger partial charge in [-0.15, -0.1) is 0 Å². The molecule has 184 valence electrons. The number of nitrogens with zero attached hydrogens (tertiary/aromatic N) is 3. The van der Waals surface area contributed by atoms with Gasteiger partial charge < -0.3 is 29.4 Å². The first-order chi connectivity index (χ1) is 16.3. The highest BCUT2D eigenvalue weighted by Crippen LogP contribution is 2.19. The molecule has 2 aromatic carbocycles. The number of carbonyl (C=O) groups excluding carboxylic acids is 1. The average molecular weight is 473 g/mol. The lowest BCUT2D eigenvalue weighted by Crippen LogP contribution is -2.54. The number of alkyl carbamates (subject to hydrolysis) is 1. The summed E-state index contributed by atoms with van der Waals surface area (Å²) in [4.78, 5) is 15.4. The zero-order chi connectivity index (χ0) is 25.0. The Labute approximate surface area is 199 Å². The van der Waals surface area contributed by atoms with Gasteiger partial charge in [-0.1, -0.05) is 35.4 Å². The fraction of sp³-hybridized carbons (Fsp3) is 0.458. The molecule has 0 heterocycles. The molecular formula is C24H32N4O6. The summed E-state index contributed by atoms with van der Waals surface area (Å²) in [5.41, 5.74) is 9.16. The van der Waals surface area contributed by atoms with Gasteiger partial charge in [0.25, 0.3) is 0 Å². The third kappa shape index (κ3) is 9.19. The third-order valence-electron chi connectivity index (χ3n) is 4.64. The smallest absolute Gasteiger partial charge is 0.408 e. The molecule has 0 aliphatic heterocycles. The van der Waals surface area contributed by atoms with Crippen LogP contribution in [0.25, 0.3) is 10.4 Å². The van der Waals surface area contributed by atoms with Gasteiger partial charge >= 0.3 is 6.09 Å². The maximum absolute atomic E-state index is 12.6. The monoisotopic (exact) mass is 472 g/mol. The number of methoxy groups -OCH3 is 1. The van der Waals surface area contributed by atoms with Crippen molar-refractivity contribution in [2.45, 2.75) is 51.2 Å². The molecule has 3 atom stereocenters. The summed E-state index contributed by atoms with van der Waals surface area (Å²) in [6, 6.07) is 14.5. The van der Waals surface area contributed by atoms with Crippen molar-refractivity contribution in [3.8, 4) is 11.5 Å². The molecule has 0 bridgehead atoms. The lowest BCUT2D eigenvalue weighted by Gasteiger charge is -2.32. The van der Waals surface area contributed by atoms with E-state index in [4.69, 9.17) is 24.5 Å². The van der Waals surface area contributed by atoms with Crippen LogP contribution in [-0.4, -0.2) is 55.3 Å². The second kappa shape index (κ2) is 13.3. The molecule has 0 aromatic heterocycles. The molecule has 0 aliphatic rings. The average Bonchev–Trinajstić information content (AvgIpc) is 2.81. The van der Waals surface area contributed by atoms with E-state index in [0.29, 0.717) is 11.5 Å². The molecule has 0 unspecified atom stereocenters. The number of ether oxygens (including phenoxy) is 4. The van der Waals surface area contributed by atoms with Crippen LogP contribution in [0, 0.1) is 0 Å². The summed E-state index contributed by atoms with van der Waals surface area (Å²) < 4.78 is 22.5. The highest BCUT2D eigenvalue weighted by Gasteiger charge is 2.33. The van der Waals surface area contributed by atoms with E-state index in [1.807, 2.05) is 30.3 Å². The van der Waals surface area contributed by atoms with E-state index in [2.05, 4.69) is 15.3 Å². The standard InChI is InChI=1S/C24H32N4O6/c1-24(2,3)34-23(30)26-21(16-32-19-12-10-18(31-4)11-13-19)22(20(14-29)27-28-25)33-15-17-8-6-5-7-9-17/h5-13,20-22,29H,14-16H2,1-4H3,(H,26,30)/t20-,21+,22-/m1/s1. The molecule has 10 heteroatoms. The van der Waals surface area contributed by atoms with Crippen molar-refractivity contribution in [3.63, 3.8) is 0 Å². The minimum atomic E-state index is -0.979. The number of azide groups is 1. The number of hydrogen-bond acceptors (Lipinski definition) is 7. The van der Waals surface area contributed by atoms with E-state index in [1.54, 1.807) is 52.1 Å². The minimum absolute atomic E-state index is 0.0392. The Hall–Kier alpha value is -3.46. The van der Waals surface area contributed by atoms with Gasteiger partial charge in [0.05, 0.1) is 38.5 Å². The molecule has 0 saturated carbocycles. The Bertz CT molecular complexity index is 927. The number of rotatable bonds is 12. The molecule has 1 amide bonds. The molecule has 2 aromatic rings. The number of nitrogens with one attached hydrogen (secondary N) is 1. The molecule has 0 radical (unpaired) electrons. The van der Waals surface area contributed by atoms with Crippen LogP contribution in [-0.2, 0) is 16.1 Å². The number of benzene rings is 2. The van der Waals surface area contributed by atoms with Crippen molar-refractivity contribution < 1.29 is 28.8 Å². The Morgan fingerprint density at radius 2 is 1.76 bits per heavy atom. The van der Waals surface area contributed by atoms with Crippen LogP contribution < -0.4 is 14.8 Å². The van der Waals surface area contributed by atoms with Crippen LogP contribution in [0.4, 0.5) is 4.79 Å². The van der Waals surface area contributed by atoms with E-state index in [9.17, 15) is 9.90 Å². The van der Waals surface area contributed by atoms with Crippen molar-refractivity contribution in [1.29, 1.82) is 0 Å². The van der Waals surface area contributed by atoms with Gasteiger partial charge in [0.2, 0.25) is 0 Å². The normalized spacial score (nSPS) is 13.7. The largest absolute Gasteiger partial charge is 0.497 e. The van der Waals surface area contributed by atoms with Gasteiger partial charge in [-0.25, -0.2) is 4.79 Å². The molecule has 0 fully saturated rings. The summed E-state index contributed by atoms with van der Waals surface area (Å²) >= 11 is 0. The van der Waals surface area contributed by atoms with Crippen molar-refractivity contribution >= 4 is 6.09 Å². The Morgan fingerprint density at radius 3 is 2.32 bits per heavy atom. The predicted molar refractivity (Wildman–Crippen MR) is 127 cm³/mol. The zero-order valence-electron chi connectivity index (χ0n) is 19.9. The van der Waals surface area contributed by atoms with Gasteiger partial charge in [-0.2, -0.15) is 0 Å². The quantitative estimate of drug-likeness (QED) is 0.270. The van der Waals surface area contributed by atoms with Crippen LogP contribution in [0.5, 0.6) is 11.5 Å². The van der Waals surface area contributed by atoms with Gasteiger partial charge in [-0.3, -0.25) is 0 Å². The number of amides is 1. The second-order valence-corrected chi connectivity index (χ2v) is 8.46. The Balaban J connectivity index is 2.27. The highest BCUT2D eigenvalue weighted by molar-refractivity contribution is 5.68. The van der Waals surface area contributed by atoms with Crippen LogP contribution in [0.3, 0.4) is 0 Å². The van der Waals surface area contributed by atoms with E-state index in [1.165, 1.54) is 0 Å². The Morgan fingerprint density at radius 1 is 1.12 bits per heavy atom. The molecule has 0 saturated heterocycles. The first-order valence-electron chi connectivity index (χ1n) is 10.8. The lowest BCUT2D eigenvalue weighted by molar-refractivity contribution is -0.0259. The maximum Gasteiger partial charge on any atom is 0.408 e. The molecular weight excluding hydrogens is 440 g/mol. The third-order valence-corrected chi connectivity index (χ3v) is 4.64. The summed E-state index contributed by atoms with van der Waals surface area (Å²) in [7, 11) is 1.57. The SMILES string of the molecule is COc1ccc(OC[C@H](NC(=O)OC(C)(C)C)[C@H](OCc2ccccc2)[C@@H](CO)N=[N+]=[N-])cc1. The van der Waals surface area contributed by atoms with Crippen molar-refractivity contribution in [3.05, 3.63) is 70.6 Å². The summed E-state index contributed by atoms with van der Waals surface area (Å²) in [6.07, 6.45) is -1.60. The van der Waals surface area contributed by atoms with E-state index < -0.39 is 36.5 Å². The predicted octanol–water partition coefficient (Wildman–Crippen LogP) is 4.22. The van der Waals surface area contributed by atoms with E-state index in [0.717, 1.165) is 5.56 Å². The second-order valence-electron chi connectivity index (χ2n) is 8.46. The first-order valence-corrected chi connectivity index (χ1v) is 10.8. The van der Waals surface area contributed by atoms with Gasteiger partial charge in [0.15, 0.2) is 0 Å². The number of hydrogen-bond donors (Lipinski definition) is 2. The van der Waals surface area contributed by atoms with Crippen LogP contribution in [0.2, 0.25) is 0 Å². The molecule has 0 aliphatic carbocycles. The molecule has 0 spiro atoms. The first kappa shape index (κ1) is 26.8. The van der Waals surface area contributed by atoms with Gasteiger partial charge in [-0.05, 0) is 56.1 Å². The fourth-order valence-corrected chi connectivity index (χ4v) is 3.07. The maximum atomic E-state index is 12.6. The molecule has 2 rings (SSSR count). The van der Waals surface area contributed by atoms with Gasteiger partial charge in [0, 0.05) is 4.91 Å². The Kier molecular flexibility index (Phi) is 10.5. The highest BCUT2D eigenvalue weighted by atomic mass is 16.6. The number of aliphatic hydroxyl groups is 1. The van der Waals surface area contributed by atoms with Crippen molar-refractivity contribution in [2.24, 2.45) is 5.11 Å².